The van der Waals surface area contributed by atoms with Crippen molar-refractivity contribution < 1.29 is 19.4 Å². The Morgan fingerprint density at radius 2 is 2.22 bits per heavy atom. The molecule has 0 aliphatic heterocycles. The van der Waals surface area contributed by atoms with Gasteiger partial charge in [-0.15, -0.1) is 0 Å². The monoisotopic (exact) mass is 136 g/mol. The van der Waals surface area contributed by atoms with Crippen LogP contribution >= 0.6 is 0 Å². The molecule has 0 saturated carbocycles. The van der Waals surface area contributed by atoms with E-state index in [1.807, 2.05) is 0 Å². The number of carbonyl (C=O) groups is 1. The van der Waals surface area contributed by atoms with Gasteiger partial charge in [0.05, 0.1) is 6.61 Å². The number of hydrogen-bond acceptors (Lipinski definition) is 2. The van der Waals surface area contributed by atoms with Gasteiger partial charge >= 0.3 is 5.97 Å². The summed E-state index contributed by atoms with van der Waals surface area (Å²) >= 11 is 0. The lowest BCUT2D eigenvalue weighted by molar-refractivity contribution is -0.151. The molecule has 0 bridgehead atoms. The van der Waals surface area contributed by atoms with Crippen molar-refractivity contribution >= 4 is 5.97 Å². The quantitative estimate of drug-likeness (QED) is 0.575. The molecule has 0 spiro atoms. The Balaban J connectivity index is 4.09. The Bertz CT molecular complexity index is 109. The third-order valence-electron chi connectivity index (χ3n) is 1.16. The largest absolute Gasteiger partial charge is 0.481 e. The number of hydrogen-bond donors (Lipinski definition) is 2. The third-order valence-corrected chi connectivity index (χ3v) is 1.16. The highest BCUT2D eigenvalue weighted by Gasteiger charge is 2.32. The second kappa shape index (κ2) is 2.77. The first-order valence-electron chi connectivity index (χ1n) is 2.47. The zero-order valence-corrected chi connectivity index (χ0v) is 5.09. The van der Waals surface area contributed by atoms with Gasteiger partial charge in [-0.2, -0.15) is 0 Å². The van der Waals surface area contributed by atoms with Crippen molar-refractivity contribution in [1.29, 1.82) is 0 Å². The summed E-state index contributed by atoms with van der Waals surface area (Å²) in [5, 5.41) is 16.6. The number of alkyl halides is 1. The van der Waals surface area contributed by atoms with Crippen LogP contribution in [-0.4, -0.2) is 29.5 Å². The maximum absolute atomic E-state index is 11.8. The summed E-state index contributed by atoms with van der Waals surface area (Å²) in [5.41, 5.74) is -1.61. The van der Waals surface area contributed by atoms with Gasteiger partial charge in [0.1, 0.15) is 12.1 Å². The smallest absolute Gasteiger partial charge is 0.314 e. The predicted molar refractivity (Wildman–Crippen MR) is 28.8 cm³/mol. The zero-order chi connectivity index (χ0) is 7.49. The Morgan fingerprint density at radius 3 is 2.22 bits per heavy atom. The van der Waals surface area contributed by atoms with Crippen LogP contribution in [0, 0.1) is 5.41 Å². The van der Waals surface area contributed by atoms with Crippen molar-refractivity contribution in [2.75, 3.05) is 13.3 Å². The molecule has 0 aromatic heterocycles. The summed E-state index contributed by atoms with van der Waals surface area (Å²) < 4.78 is 11.8. The Kier molecular flexibility index (Phi) is 2.58. The number of carboxylic acids is 1. The number of carboxylic acid groups (broad SMARTS) is 1. The molecule has 54 valence electrons. The van der Waals surface area contributed by atoms with Gasteiger partial charge in [-0.3, -0.25) is 4.79 Å². The molecule has 0 aliphatic rings. The molecule has 0 aromatic rings. The number of halogens is 1. The lowest BCUT2D eigenvalue weighted by Crippen LogP contribution is -2.33. The molecule has 0 radical (unpaired) electrons. The molecular formula is C5H9FO3. The van der Waals surface area contributed by atoms with Crippen molar-refractivity contribution in [2.45, 2.75) is 6.92 Å². The van der Waals surface area contributed by atoms with Crippen LogP contribution in [-0.2, 0) is 4.79 Å². The van der Waals surface area contributed by atoms with Crippen LogP contribution < -0.4 is 0 Å². The second-order valence-corrected chi connectivity index (χ2v) is 2.16. The van der Waals surface area contributed by atoms with Crippen molar-refractivity contribution in [2.24, 2.45) is 5.41 Å². The number of aliphatic carboxylic acids is 1. The fourth-order valence-electron chi connectivity index (χ4n) is 0.167. The minimum absolute atomic E-state index is 0.668. The SMILES string of the molecule is CC(CO)(CF)C(=O)O. The van der Waals surface area contributed by atoms with Gasteiger partial charge in [-0.1, -0.05) is 0 Å². The average Bonchev–Trinajstić information content (AvgIpc) is 1.86. The minimum Gasteiger partial charge on any atom is -0.481 e. The lowest BCUT2D eigenvalue weighted by Gasteiger charge is -2.16. The molecule has 9 heavy (non-hydrogen) atoms. The molecule has 0 aromatic carbocycles. The van der Waals surface area contributed by atoms with Gasteiger partial charge in [-0.05, 0) is 6.92 Å². The van der Waals surface area contributed by atoms with Crippen molar-refractivity contribution in [3.63, 3.8) is 0 Å². The van der Waals surface area contributed by atoms with Crippen LogP contribution in [0.15, 0.2) is 0 Å². The average molecular weight is 136 g/mol. The lowest BCUT2D eigenvalue weighted by atomic mass is 9.94. The topological polar surface area (TPSA) is 57.5 Å². The van der Waals surface area contributed by atoms with Crippen molar-refractivity contribution in [3.8, 4) is 0 Å². The molecule has 0 amide bonds. The van der Waals surface area contributed by atoms with E-state index >= 15 is 0 Å². The first-order valence-corrected chi connectivity index (χ1v) is 2.47. The van der Waals surface area contributed by atoms with Crippen LogP contribution in [0.3, 0.4) is 0 Å². The zero-order valence-electron chi connectivity index (χ0n) is 5.09. The highest BCUT2D eigenvalue weighted by Crippen LogP contribution is 2.15. The summed E-state index contributed by atoms with van der Waals surface area (Å²) in [7, 11) is 0. The van der Waals surface area contributed by atoms with Gasteiger partial charge in [-0.25, -0.2) is 4.39 Å². The first kappa shape index (κ1) is 8.36. The van der Waals surface area contributed by atoms with E-state index in [4.69, 9.17) is 10.2 Å². The van der Waals surface area contributed by atoms with E-state index in [9.17, 15) is 9.18 Å². The van der Waals surface area contributed by atoms with Crippen molar-refractivity contribution in [1.82, 2.24) is 0 Å². The van der Waals surface area contributed by atoms with E-state index in [0.29, 0.717) is 0 Å². The van der Waals surface area contributed by atoms with E-state index in [1.54, 1.807) is 0 Å². The molecule has 4 heteroatoms. The number of aliphatic hydroxyl groups excluding tert-OH is 1. The van der Waals surface area contributed by atoms with Gasteiger partial charge in [0.2, 0.25) is 0 Å². The number of rotatable bonds is 3. The van der Waals surface area contributed by atoms with Crippen LogP contribution in [0.2, 0.25) is 0 Å². The maximum atomic E-state index is 11.8. The molecule has 0 heterocycles. The number of aliphatic hydroxyl groups is 1. The molecular weight excluding hydrogens is 127 g/mol. The Morgan fingerprint density at radius 1 is 1.78 bits per heavy atom. The van der Waals surface area contributed by atoms with Gasteiger partial charge < -0.3 is 10.2 Å². The molecule has 0 rings (SSSR count). The van der Waals surface area contributed by atoms with E-state index in [0.717, 1.165) is 6.92 Å². The molecule has 2 N–H and O–H groups in total. The van der Waals surface area contributed by atoms with Crippen LogP contribution in [0.4, 0.5) is 4.39 Å². The molecule has 1 atom stereocenters. The van der Waals surface area contributed by atoms with Gasteiger partial charge in [0, 0.05) is 0 Å². The maximum Gasteiger partial charge on any atom is 0.314 e. The third kappa shape index (κ3) is 1.64. The van der Waals surface area contributed by atoms with Gasteiger partial charge in [0.25, 0.3) is 0 Å². The fourth-order valence-corrected chi connectivity index (χ4v) is 0.167. The molecule has 3 nitrogen and oxygen atoms in total. The van der Waals surface area contributed by atoms with Crippen LogP contribution in [0.25, 0.3) is 0 Å². The summed E-state index contributed by atoms with van der Waals surface area (Å²) in [6, 6.07) is 0. The summed E-state index contributed by atoms with van der Waals surface area (Å²) in [4.78, 5) is 10.1. The minimum atomic E-state index is -1.61. The summed E-state index contributed by atoms with van der Waals surface area (Å²) in [6.07, 6.45) is 0. The summed E-state index contributed by atoms with van der Waals surface area (Å²) in [6.45, 7) is -0.563. The normalized spacial score (nSPS) is 16.8. The second-order valence-electron chi connectivity index (χ2n) is 2.16. The first-order chi connectivity index (χ1) is 4.06. The van der Waals surface area contributed by atoms with E-state index < -0.39 is 24.7 Å². The van der Waals surface area contributed by atoms with E-state index in [1.165, 1.54) is 0 Å². The standard InChI is InChI=1S/C5H9FO3/c1-5(2-6,3-7)4(8)9/h7H,2-3H2,1H3,(H,8,9). The van der Waals surface area contributed by atoms with Gasteiger partial charge in [0.15, 0.2) is 0 Å². The fraction of sp³-hybridized carbons (Fsp3) is 0.800. The summed E-state index contributed by atoms with van der Waals surface area (Å²) in [5.74, 6) is -1.31. The molecule has 1 unspecified atom stereocenters. The Hall–Kier alpha value is -0.640. The molecule has 0 aliphatic carbocycles. The molecule has 0 saturated heterocycles. The van der Waals surface area contributed by atoms with E-state index in [-0.39, 0.29) is 0 Å². The highest BCUT2D eigenvalue weighted by molar-refractivity contribution is 5.74. The predicted octanol–water partition coefficient (Wildman–Crippen LogP) is 0.0391. The van der Waals surface area contributed by atoms with E-state index in [2.05, 4.69) is 0 Å². The highest BCUT2D eigenvalue weighted by atomic mass is 19.1. The van der Waals surface area contributed by atoms with Crippen LogP contribution in [0.5, 0.6) is 0 Å². The molecule has 0 fully saturated rings. The van der Waals surface area contributed by atoms with Crippen LogP contribution in [0.1, 0.15) is 6.92 Å². The van der Waals surface area contributed by atoms with Crippen molar-refractivity contribution in [3.05, 3.63) is 0 Å². The Labute approximate surface area is 52.1 Å².